The van der Waals surface area contributed by atoms with Crippen LogP contribution in [0.25, 0.3) is 0 Å². The van der Waals surface area contributed by atoms with Crippen molar-refractivity contribution < 1.29 is 53.8 Å². The number of fused-ring (bicyclic) bond motifs is 3. The molecular weight excluding hydrogens is 611 g/mol. The van der Waals surface area contributed by atoms with E-state index in [1.54, 1.807) is 30.4 Å². The molecule has 0 aromatic heterocycles. The average molecular weight is 656 g/mol. The highest BCUT2D eigenvalue weighted by Gasteiger charge is 2.47. The summed E-state index contributed by atoms with van der Waals surface area (Å²) in [6.45, 7) is 2.69. The predicted molar refractivity (Wildman–Crippen MR) is 164 cm³/mol. The number of phenolic OH excluding ortho intramolecular Hbond substituents is 1. The lowest BCUT2D eigenvalue weighted by Gasteiger charge is -2.45. The van der Waals surface area contributed by atoms with Gasteiger partial charge in [-0.2, -0.15) is 0 Å². The van der Waals surface area contributed by atoms with Gasteiger partial charge in [0, 0.05) is 44.9 Å². The minimum absolute atomic E-state index is 0.0457. The summed E-state index contributed by atoms with van der Waals surface area (Å²) in [5.74, 6) is -1.66. The molecule has 13 nitrogen and oxygen atoms in total. The van der Waals surface area contributed by atoms with Gasteiger partial charge in [-0.15, -0.1) is 0 Å². The Hall–Kier alpha value is -3.59. The lowest BCUT2D eigenvalue weighted by Crippen LogP contribution is -2.65. The van der Waals surface area contributed by atoms with Crippen LogP contribution in [0.2, 0.25) is 0 Å². The zero-order chi connectivity index (χ0) is 33.2. The van der Waals surface area contributed by atoms with Gasteiger partial charge in [0.1, 0.15) is 41.8 Å². The fraction of sp³-hybridized carbons (Fsp3) is 0.545. The van der Waals surface area contributed by atoms with Crippen LogP contribution in [0.1, 0.15) is 61.9 Å². The summed E-state index contributed by atoms with van der Waals surface area (Å²) in [5, 5.41) is 46.7. The van der Waals surface area contributed by atoms with Gasteiger partial charge in [0.05, 0.1) is 24.9 Å². The van der Waals surface area contributed by atoms with E-state index in [0.29, 0.717) is 18.4 Å². The maximum Gasteiger partial charge on any atom is 0.342 e. The number of cyclic esters (lactones) is 1. The quantitative estimate of drug-likeness (QED) is 0.0921. The maximum absolute atomic E-state index is 13.3. The number of hydrogen-bond acceptors (Lipinski definition) is 11. The number of carbonyl (C=O) groups excluding carboxylic acids is 3. The molecular formula is C33H44N2O11. The molecule has 0 saturated carbocycles. The number of aliphatic hydroxyl groups excluding tert-OH is 3. The lowest BCUT2D eigenvalue weighted by molar-refractivity contribution is -0.291. The highest BCUT2D eigenvalue weighted by Crippen LogP contribution is 2.34. The van der Waals surface area contributed by atoms with E-state index in [1.165, 1.54) is 25.3 Å². The molecule has 9 atom stereocenters. The Labute approximate surface area is 267 Å². The zero-order valence-corrected chi connectivity index (χ0v) is 26.0. The third-order valence-corrected chi connectivity index (χ3v) is 8.07. The molecule has 2 saturated heterocycles. The largest absolute Gasteiger partial charge is 0.507 e. The number of allylic oxidation sites excluding steroid dienone is 3. The molecule has 3 heterocycles. The summed E-state index contributed by atoms with van der Waals surface area (Å²) in [7, 11) is 0. The van der Waals surface area contributed by atoms with Crippen LogP contribution in [-0.2, 0) is 35.0 Å². The monoisotopic (exact) mass is 655 g/mol. The Bertz CT molecular complexity index is 1300. The van der Waals surface area contributed by atoms with Crippen molar-refractivity contribution in [2.45, 2.75) is 107 Å². The van der Waals surface area contributed by atoms with E-state index < -0.39 is 73.5 Å². The summed E-state index contributed by atoms with van der Waals surface area (Å²) in [6, 6.07) is 3.66. The summed E-state index contributed by atoms with van der Waals surface area (Å²) in [6.07, 6.45) is 4.94. The molecule has 13 heteroatoms. The second kappa shape index (κ2) is 16.8. The molecule has 252 valence electrons. The van der Waals surface area contributed by atoms with Gasteiger partial charge in [-0.05, 0) is 24.5 Å². The van der Waals surface area contributed by atoms with Gasteiger partial charge in [0.15, 0.2) is 6.29 Å². The van der Waals surface area contributed by atoms with Crippen LogP contribution in [0.5, 0.6) is 5.75 Å². The van der Waals surface area contributed by atoms with Crippen molar-refractivity contribution in [1.29, 1.82) is 0 Å². The highest BCUT2D eigenvalue weighted by atomic mass is 16.7. The molecule has 0 unspecified atom stereocenters. The fourth-order valence-electron chi connectivity index (χ4n) is 5.94. The number of esters is 1. The van der Waals surface area contributed by atoms with Gasteiger partial charge < -0.3 is 50.0 Å². The molecule has 2 fully saturated rings. The van der Waals surface area contributed by atoms with Crippen molar-refractivity contribution in [2.24, 2.45) is 0 Å². The number of phenols is 1. The second-order valence-corrected chi connectivity index (χ2v) is 11.7. The SMILES string of the molecule is CC/[13CH]=C\[13CH]=C/[13C](=O)N/C=C/C[13C@H]1C[C@H]2[13CH2][C@H](O[C@@H]3O[C@H](CO)[C@@H](O)[C@H](O)[C@H]3N[13C](C)=O)C[13C@H](C[13c]3c[13cH]c[13c](O)c3[13C](=O)O1)O2. The molecule has 1 aromatic carbocycles. The Kier molecular flexibility index (Phi) is 12.9. The van der Waals surface area contributed by atoms with Crippen molar-refractivity contribution in [3.8, 4) is 5.75 Å². The summed E-state index contributed by atoms with van der Waals surface area (Å²) in [5.41, 5.74) is 0.579. The number of hydrogen-bond donors (Lipinski definition) is 6. The van der Waals surface area contributed by atoms with Crippen molar-refractivity contribution >= 4 is 17.8 Å². The molecule has 0 spiro atoms. The van der Waals surface area contributed by atoms with E-state index in [2.05, 4.69) is 10.6 Å². The van der Waals surface area contributed by atoms with Crippen LogP contribution in [0, 0.1) is 0 Å². The molecule has 4 rings (SSSR count). The van der Waals surface area contributed by atoms with Crippen molar-refractivity contribution in [1.82, 2.24) is 10.6 Å². The van der Waals surface area contributed by atoms with Gasteiger partial charge in [-0.3, -0.25) is 9.59 Å². The molecule has 0 aliphatic carbocycles. The molecule has 6 N–H and O–H groups in total. The highest BCUT2D eigenvalue weighted by molar-refractivity contribution is 5.94. The summed E-state index contributed by atoms with van der Waals surface area (Å²) >= 11 is 0. The van der Waals surface area contributed by atoms with E-state index in [0.717, 1.165) is 6.42 Å². The van der Waals surface area contributed by atoms with E-state index in [-0.39, 0.29) is 36.5 Å². The average Bonchev–Trinajstić information content (AvgIpc) is 3.00. The first kappa shape index (κ1) is 35.3. The number of benzene rings is 1. The third-order valence-electron chi connectivity index (χ3n) is 8.07. The van der Waals surface area contributed by atoms with Crippen LogP contribution >= 0.6 is 0 Å². The van der Waals surface area contributed by atoms with Gasteiger partial charge in [0.2, 0.25) is 11.8 Å². The molecule has 1 aromatic rings. The van der Waals surface area contributed by atoms with E-state index in [9.17, 15) is 34.8 Å². The Balaban J connectivity index is 1.53. The van der Waals surface area contributed by atoms with Crippen molar-refractivity contribution in [2.75, 3.05) is 6.61 Å². The van der Waals surface area contributed by atoms with E-state index in [4.69, 9.17) is 18.9 Å². The van der Waals surface area contributed by atoms with Crippen LogP contribution < -0.4 is 10.6 Å². The van der Waals surface area contributed by atoms with Crippen LogP contribution in [-0.4, -0.2) is 99.9 Å². The first-order chi connectivity index (χ1) is 22.1. The van der Waals surface area contributed by atoms with Crippen LogP contribution in [0.3, 0.4) is 0 Å². The normalized spacial score (nSPS) is 31.8. The number of aromatic hydroxyl groups is 1. The van der Waals surface area contributed by atoms with Crippen molar-refractivity contribution in [3.63, 3.8) is 0 Å². The lowest BCUT2D eigenvalue weighted by atomic mass is 9.97. The second-order valence-electron chi connectivity index (χ2n) is 11.7. The number of ether oxygens (including phenoxy) is 4. The predicted octanol–water partition coefficient (Wildman–Crippen LogP) is 1.28. The van der Waals surface area contributed by atoms with Gasteiger partial charge in [0.25, 0.3) is 0 Å². The number of rotatable bonds is 10. The molecule has 2 amide bonds. The minimum Gasteiger partial charge on any atom is -0.507 e. The molecule has 3 aliphatic rings. The first-order valence-corrected chi connectivity index (χ1v) is 15.6. The fourth-order valence-corrected chi connectivity index (χ4v) is 5.94. The Morgan fingerprint density at radius 3 is 2.59 bits per heavy atom. The topological polar surface area (TPSA) is 193 Å². The zero-order valence-electron chi connectivity index (χ0n) is 26.0. The minimum atomic E-state index is -1.45. The Morgan fingerprint density at radius 1 is 1.07 bits per heavy atom. The van der Waals surface area contributed by atoms with Gasteiger partial charge in [-0.25, -0.2) is 4.79 Å². The molecule has 2 bridgehead atoms. The molecule has 0 radical (unpaired) electrons. The summed E-state index contributed by atoms with van der Waals surface area (Å²) in [4.78, 5) is 37.3. The molecule has 46 heavy (non-hydrogen) atoms. The maximum atomic E-state index is 13.3. The number of carbonyl (C=O) groups is 3. The van der Waals surface area contributed by atoms with Crippen LogP contribution in [0.15, 0.2) is 54.8 Å². The number of amides is 2. The Morgan fingerprint density at radius 2 is 1.85 bits per heavy atom. The third kappa shape index (κ3) is 9.47. The molecule has 3 aliphatic heterocycles. The standard InChI is InChI=1S/C33H44N2O11/c1-3-4-5-6-12-27(39)34-13-8-10-21-15-23-17-24(45-33-29(35-19(2)37)31(41)30(40)26(18-36)46-33)16-22(43-23)14-20-9-7-11-25(38)28(20)32(42)44-21/h4-9,11-13,21-24,26,29-31,33,36,38,40-41H,3,10,14-18H2,1-2H3,(H,34,39)(H,35,37)/b5-4-,12-6-,13-8+/t21-,22-,23-,24+,26+,29+,30+,31+,33+/m0/s1/i4+1,6+1,7+1,17+1,19+1,20+1,21+1,22+1,25+1,27+1,32+1. The first-order valence-electron chi connectivity index (χ1n) is 15.6. The number of nitrogens with one attached hydrogen (secondary N) is 2. The summed E-state index contributed by atoms with van der Waals surface area (Å²) < 4.78 is 24.4. The van der Waals surface area contributed by atoms with Gasteiger partial charge in [-0.1, -0.05) is 43.4 Å². The number of aliphatic hydroxyl groups is 3. The smallest absolute Gasteiger partial charge is 0.342 e. The van der Waals surface area contributed by atoms with Crippen molar-refractivity contribution in [3.05, 3.63) is 65.9 Å². The van der Waals surface area contributed by atoms with Crippen LogP contribution in [0.4, 0.5) is 0 Å². The van der Waals surface area contributed by atoms with E-state index >= 15 is 0 Å². The van der Waals surface area contributed by atoms with Gasteiger partial charge >= 0.3 is 5.97 Å². The van der Waals surface area contributed by atoms with E-state index in [1.807, 2.05) is 13.0 Å².